The summed E-state index contributed by atoms with van der Waals surface area (Å²) in [6.45, 7) is 7.43. The fourth-order valence-electron chi connectivity index (χ4n) is 1.59. The molecule has 1 aromatic rings. The Morgan fingerprint density at radius 3 is 1.95 bits per heavy atom. The van der Waals surface area contributed by atoms with Gasteiger partial charge in [0.15, 0.2) is 0 Å². The predicted molar refractivity (Wildman–Crippen MR) is 78.7 cm³/mol. The van der Waals surface area contributed by atoms with Crippen molar-refractivity contribution < 1.29 is 23.5 Å². The van der Waals surface area contributed by atoms with Crippen LogP contribution in [-0.2, 0) is 13.6 Å². The van der Waals surface area contributed by atoms with Crippen molar-refractivity contribution in [1.82, 2.24) is 0 Å². The lowest BCUT2D eigenvalue weighted by Crippen LogP contribution is -2.16. The van der Waals surface area contributed by atoms with Crippen molar-refractivity contribution in [2.24, 2.45) is 0 Å². The number of hydrogen-bond donors (Lipinski definition) is 1. The number of aliphatic hydroxyl groups excluding tert-OH is 1. The molecule has 1 rings (SSSR count). The largest absolute Gasteiger partial charge is 0.491 e. The van der Waals surface area contributed by atoms with Crippen LogP contribution in [0.2, 0.25) is 0 Å². The van der Waals surface area contributed by atoms with Gasteiger partial charge in [0.2, 0.25) is 0 Å². The highest BCUT2D eigenvalue weighted by atomic mass is 31.2. The van der Waals surface area contributed by atoms with Crippen LogP contribution in [0.3, 0.4) is 0 Å². The molecule has 1 N–H and O–H groups in total. The van der Waals surface area contributed by atoms with E-state index >= 15 is 0 Å². The maximum Gasteiger partial charge on any atom is 0.361 e. The van der Waals surface area contributed by atoms with E-state index in [0.29, 0.717) is 11.1 Å². The normalized spacial score (nSPS) is 12.2. The van der Waals surface area contributed by atoms with Crippen molar-refractivity contribution in [2.75, 3.05) is 13.2 Å². The Labute approximate surface area is 120 Å². The van der Waals surface area contributed by atoms with Crippen LogP contribution in [0.1, 0.15) is 27.7 Å². The highest BCUT2D eigenvalue weighted by molar-refractivity contribution is 7.62. The molecule has 0 heterocycles. The zero-order valence-electron chi connectivity index (χ0n) is 12.4. The third-order valence-electron chi connectivity index (χ3n) is 2.21. The molecule has 0 bridgehead atoms. The lowest BCUT2D eigenvalue weighted by Gasteiger charge is -2.23. The maximum atomic E-state index is 12.8. The molecule has 114 valence electrons. The van der Waals surface area contributed by atoms with Gasteiger partial charge < -0.3 is 18.9 Å². The summed E-state index contributed by atoms with van der Waals surface area (Å²) in [5.41, 5.74) is 0. The number of rotatable bonds is 8. The van der Waals surface area contributed by atoms with E-state index in [1.54, 1.807) is 24.3 Å². The van der Waals surface area contributed by atoms with Gasteiger partial charge in [-0.25, -0.2) is 0 Å². The molecule has 1 aromatic carbocycles. The fraction of sp³-hybridized carbons (Fsp3) is 0.571. The minimum absolute atomic E-state index is 0.0484. The molecular formula is C14H23O5P. The molecule has 0 spiro atoms. The van der Waals surface area contributed by atoms with Crippen molar-refractivity contribution in [3.8, 4) is 5.75 Å². The Hall–Kier alpha value is -0.870. The second-order valence-corrected chi connectivity index (χ2v) is 6.80. The van der Waals surface area contributed by atoms with Crippen LogP contribution in [0.25, 0.3) is 0 Å². The summed E-state index contributed by atoms with van der Waals surface area (Å²) in [6.07, 6.45) is -0.408. The summed E-state index contributed by atoms with van der Waals surface area (Å²) in [5, 5.41) is 9.20. The van der Waals surface area contributed by atoms with Gasteiger partial charge in [0.05, 0.1) is 24.1 Å². The average Bonchev–Trinajstić information content (AvgIpc) is 2.35. The van der Waals surface area contributed by atoms with Crippen molar-refractivity contribution in [3.63, 3.8) is 0 Å². The Balaban J connectivity index is 2.93. The molecule has 0 aliphatic rings. The smallest absolute Gasteiger partial charge is 0.361 e. The second kappa shape index (κ2) is 7.79. The highest BCUT2D eigenvalue weighted by Crippen LogP contribution is 2.49. The van der Waals surface area contributed by atoms with Crippen molar-refractivity contribution in [2.45, 2.75) is 39.9 Å². The first-order chi connectivity index (χ1) is 9.37. The second-order valence-electron chi connectivity index (χ2n) is 4.87. The fourth-order valence-corrected chi connectivity index (χ4v) is 3.51. The number of ether oxygens (including phenoxy) is 1. The molecule has 0 atom stereocenters. The minimum atomic E-state index is -3.33. The topological polar surface area (TPSA) is 65.0 Å². The Morgan fingerprint density at radius 2 is 1.55 bits per heavy atom. The molecule has 0 aliphatic heterocycles. The monoisotopic (exact) mass is 302 g/mol. The Bertz CT molecular complexity index is 427. The maximum absolute atomic E-state index is 12.8. The van der Waals surface area contributed by atoms with Crippen LogP contribution >= 0.6 is 7.60 Å². The first-order valence-corrected chi connectivity index (χ1v) is 8.23. The van der Waals surface area contributed by atoms with Crippen LogP contribution in [0.4, 0.5) is 0 Å². The molecule has 0 saturated heterocycles. The molecule has 0 radical (unpaired) electrons. The Morgan fingerprint density at radius 1 is 1.05 bits per heavy atom. The van der Waals surface area contributed by atoms with Crippen LogP contribution < -0.4 is 10.0 Å². The number of benzene rings is 1. The van der Waals surface area contributed by atoms with Crippen LogP contribution in [0.5, 0.6) is 5.75 Å². The average molecular weight is 302 g/mol. The van der Waals surface area contributed by atoms with Gasteiger partial charge in [-0.05, 0) is 52.0 Å². The third kappa shape index (κ3) is 5.25. The SMILES string of the molecule is CC(C)OP(=O)(OC(C)C)c1ccc(OCCO)cc1. The molecule has 0 aliphatic carbocycles. The van der Waals surface area contributed by atoms with Crippen molar-refractivity contribution >= 4 is 12.9 Å². The molecule has 6 heteroatoms. The van der Waals surface area contributed by atoms with Gasteiger partial charge in [0.25, 0.3) is 0 Å². The van der Waals surface area contributed by atoms with E-state index in [4.69, 9.17) is 18.9 Å². The molecule has 0 fully saturated rings. The van der Waals surface area contributed by atoms with Crippen molar-refractivity contribution in [3.05, 3.63) is 24.3 Å². The summed E-state index contributed by atoms with van der Waals surface area (Å²) in [5.74, 6) is 0.600. The summed E-state index contributed by atoms with van der Waals surface area (Å²) < 4.78 is 29.1. The number of aliphatic hydroxyl groups is 1. The van der Waals surface area contributed by atoms with Crippen molar-refractivity contribution in [1.29, 1.82) is 0 Å². The van der Waals surface area contributed by atoms with Gasteiger partial charge in [-0.1, -0.05) is 0 Å². The van der Waals surface area contributed by atoms with E-state index in [0.717, 1.165) is 0 Å². The Kier molecular flexibility index (Phi) is 6.69. The van der Waals surface area contributed by atoms with E-state index in [9.17, 15) is 4.57 Å². The molecule has 0 unspecified atom stereocenters. The lowest BCUT2D eigenvalue weighted by atomic mass is 10.3. The van der Waals surface area contributed by atoms with E-state index in [1.807, 2.05) is 27.7 Å². The van der Waals surface area contributed by atoms with Gasteiger partial charge in [-0.3, -0.25) is 4.57 Å². The molecular weight excluding hydrogens is 279 g/mol. The molecule has 20 heavy (non-hydrogen) atoms. The first-order valence-electron chi connectivity index (χ1n) is 6.68. The summed E-state index contributed by atoms with van der Waals surface area (Å²) >= 11 is 0. The number of hydrogen-bond acceptors (Lipinski definition) is 5. The zero-order chi connectivity index (χ0) is 15.2. The quantitative estimate of drug-likeness (QED) is 0.748. The van der Waals surface area contributed by atoms with Gasteiger partial charge >= 0.3 is 7.60 Å². The zero-order valence-corrected chi connectivity index (χ0v) is 13.3. The van der Waals surface area contributed by atoms with Crippen LogP contribution in [-0.4, -0.2) is 30.5 Å². The van der Waals surface area contributed by atoms with Crippen LogP contribution in [0.15, 0.2) is 24.3 Å². The van der Waals surface area contributed by atoms with Gasteiger partial charge in [0.1, 0.15) is 12.4 Å². The summed E-state index contributed by atoms with van der Waals surface area (Å²) in [4.78, 5) is 0. The lowest BCUT2D eigenvalue weighted by molar-refractivity contribution is 0.150. The van der Waals surface area contributed by atoms with Gasteiger partial charge in [-0.2, -0.15) is 0 Å². The van der Waals surface area contributed by atoms with Crippen LogP contribution in [0, 0.1) is 0 Å². The van der Waals surface area contributed by atoms with E-state index in [2.05, 4.69) is 0 Å². The summed E-state index contributed by atoms with van der Waals surface area (Å²) in [7, 11) is -3.33. The highest BCUT2D eigenvalue weighted by Gasteiger charge is 2.30. The standard InChI is InChI=1S/C14H23O5P/c1-11(2)18-20(16,19-12(3)4)14-7-5-13(6-8-14)17-10-9-15/h5-8,11-12,15H,9-10H2,1-4H3. The van der Waals surface area contributed by atoms with Gasteiger partial charge in [0, 0.05) is 0 Å². The molecule has 0 amide bonds. The van der Waals surface area contributed by atoms with Gasteiger partial charge in [-0.15, -0.1) is 0 Å². The van der Waals surface area contributed by atoms with E-state index in [1.165, 1.54) is 0 Å². The predicted octanol–water partition coefficient (Wildman–Crippen LogP) is 2.73. The molecule has 0 saturated carbocycles. The molecule has 0 aromatic heterocycles. The third-order valence-corrected chi connectivity index (χ3v) is 4.54. The van der Waals surface area contributed by atoms with E-state index in [-0.39, 0.29) is 25.4 Å². The minimum Gasteiger partial charge on any atom is -0.491 e. The molecule has 5 nitrogen and oxygen atoms in total. The summed E-state index contributed by atoms with van der Waals surface area (Å²) in [6, 6.07) is 6.70. The first kappa shape index (κ1) is 17.2. The van der Waals surface area contributed by atoms with E-state index < -0.39 is 7.60 Å².